The Labute approximate surface area is 89.3 Å². The number of rotatable bonds is 2. The number of hydrogen-bond donors (Lipinski definition) is 2. The quantitative estimate of drug-likeness (QED) is 0.751. The van der Waals surface area contributed by atoms with Gasteiger partial charge in [0.25, 0.3) is 0 Å². The summed E-state index contributed by atoms with van der Waals surface area (Å²) in [4.78, 5) is 20.2. The molecule has 0 atom stereocenters. The molecule has 0 fully saturated rings. The van der Waals surface area contributed by atoms with E-state index in [-0.39, 0.29) is 0 Å². The monoisotopic (exact) mass is 219 g/mol. The Morgan fingerprint density at radius 1 is 0.600 bits per heavy atom. The van der Waals surface area contributed by atoms with Crippen LogP contribution in [0, 0.1) is 0 Å². The molecule has 2 aromatic carbocycles. The molecule has 2 aromatic rings. The van der Waals surface area contributed by atoms with Crippen molar-refractivity contribution in [2.45, 2.75) is 0 Å². The van der Waals surface area contributed by atoms with Gasteiger partial charge in [-0.1, -0.05) is 36.4 Å². The summed E-state index contributed by atoms with van der Waals surface area (Å²) >= 11 is 0. The highest BCUT2D eigenvalue weighted by Crippen LogP contribution is 2.46. The van der Waals surface area contributed by atoms with Crippen LogP contribution in [0.25, 0.3) is 0 Å². The lowest BCUT2D eigenvalue weighted by Crippen LogP contribution is -2.20. The van der Waals surface area contributed by atoms with Crippen LogP contribution in [-0.2, 0) is 0 Å². The summed E-state index contributed by atoms with van der Waals surface area (Å²) in [6.07, 6.45) is 0. The Kier molecular flexibility index (Phi) is 2.83. The van der Waals surface area contributed by atoms with E-state index in [1.807, 2.05) is 12.1 Å². The molecule has 0 bridgehead atoms. The normalized spacial score (nSPS) is 11.3. The van der Waals surface area contributed by atoms with Crippen molar-refractivity contribution in [3.05, 3.63) is 60.7 Å². The number of hydrogen-bond acceptors (Lipinski definition) is 2. The van der Waals surface area contributed by atoms with E-state index in [0.29, 0.717) is 10.6 Å². The first-order valence-electron chi connectivity index (χ1n) is 4.67. The van der Waals surface area contributed by atoms with Crippen molar-refractivity contribution < 1.29 is 9.79 Å². The highest BCUT2D eigenvalue weighted by molar-refractivity contribution is 7.79. The highest BCUT2D eigenvalue weighted by Gasteiger charge is 2.39. The molecule has 2 nitrogen and oxygen atoms in total. The van der Waals surface area contributed by atoms with Crippen molar-refractivity contribution in [3.8, 4) is 0 Å². The van der Waals surface area contributed by atoms with Crippen LogP contribution in [-0.4, -0.2) is 9.79 Å². The van der Waals surface area contributed by atoms with Crippen molar-refractivity contribution in [1.82, 2.24) is 0 Å². The van der Waals surface area contributed by atoms with Gasteiger partial charge in [-0.05, 0) is 24.3 Å². The Morgan fingerprint density at radius 2 is 0.933 bits per heavy atom. The zero-order chi connectivity index (χ0) is 10.7. The zero-order valence-corrected chi connectivity index (χ0v) is 9.01. The van der Waals surface area contributed by atoms with E-state index in [2.05, 4.69) is 0 Å². The average Bonchev–Trinajstić information content (AvgIpc) is 2.31. The third-order valence-corrected chi connectivity index (χ3v) is 4.27. The molecule has 0 heterocycles. The second kappa shape index (κ2) is 4.11. The third-order valence-electron chi connectivity index (χ3n) is 2.23. The van der Waals surface area contributed by atoms with E-state index < -0.39 is 7.72 Å². The maximum absolute atomic E-state index is 10.1. The Bertz CT molecular complexity index is 384. The second-order valence-electron chi connectivity index (χ2n) is 3.27. The summed E-state index contributed by atoms with van der Waals surface area (Å²) in [5.41, 5.74) is 0. The van der Waals surface area contributed by atoms with Crippen molar-refractivity contribution in [2.24, 2.45) is 0 Å². The van der Waals surface area contributed by atoms with Gasteiger partial charge in [0.15, 0.2) is 10.6 Å². The fourth-order valence-corrected chi connectivity index (χ4v) is 2.89. The van der Waals surface area contributed by atoms with Gasteiger partial charge in [-0.15, -0.1) is 0 Å². The van der Waals surface area contributed by atoms with Gasteiger partial charge in [-0.2, -0.15) is 0 Å². The van der Waals surface area contributed by atoms with Crippen LogP contribution < -0.4 is 10.6 Å². The summed E-state index contributed by atoms with van der Waals surface area (Å²) in [6.45, 7) is 0. The van der Waals surface area contributed by atoms with Gasteiger partial charge >= 0.3 is 7.72 Å². The van der Waals surface area contributed by atoms with Crippen molar-refractivity contribution in [1.29, 1.82) is 0 Å². The molecule has 76 valence electrons. The molecule has 0 unspecified atom stereocenters. The molecule has 0 spiro atoms. The van der Waals surface area contributed by atoms with E-state index in [1.165, 1.54) is 0 Å². The van der Waals surface area contributed by atoms with Gasteiger partial charge in [0.1, 0.15) is 0 Å². The van der Waals surface area contributed by atoms with Crippen LogP contribution in [0.4, 0.5) is 0 Å². The largest absolute Gasteiger partial charge is 0.333 e. The summed E-state index contributed by atoms with van der Waals surface area (Å²) in [6, 6.07) is 17.9. The first-order chi connectivity index (χ1) is 7.21. The van der Waals surface area contributed by atoms with E-state index in [4.69, 9.17) is 0 Å². The van der Waals surface area contributed by atoms with Crippen LogP contribution in [0.1, 0.15) is 0 Å². The second-order valence-corrected chi connectivity index (χ2v) is 5.51. The van der Waals surface area contributed by atoms with E-state index in [9.17, 15) is 9.79 Å². The van der Waals surface area contributed by atoms with E-state index in [1.54, 1.807) is 48.5 Å². The lowest BCUT2D eigenvalue weighted by atomic mass is 10.4. The Morgan fingerprint density at radius 3 is 1.27 bits per heavy atom. The Balaban J connectivity index is 2.44. The van der Waals surface area contributed by atoms with E-state index >= 15 is 0 Å². The standard InChI is InChI=1S/C12H12O2P/c13-15(14,11-7-3-1-4-8-11)12-9-5-2-6-10-12/h1-10,13-14H/q+1. The summed E-state index contributed by atoms with van der Waals surface area (Å²) in [5, 5.41) is 1.16. The van der Waals surface area contributed by atoms with Gasteiger partial charge < -0.3 is 0 Å². The van der Waals surface area contributed by atoms with Crippen LogP contribution in [0.2, 0.25) is 0 Å². The fourth-order valence-electron chi connectivity index (χ4n) is 1.42. The maximum Gasteiger partial charge on any atom is 0.333 e. The minimum Gasteiger partial charge on any atom is -0.210 e. The molecule has 0 aromatic heterocycles. The molecular formula is C12H12O2P+. The molecule has 0 saturated heterocycles. The molecular weight excluding hydrogens is 207 g/mol. The molecule has 3 heteroatoms. The lowest BCUT2D eigenvalue weighted by molar-refractivity contribution is 0.479. The average molecular weight is 219 g/mol. The summed E-state index contributed by atoms with van der Waals surface area (Å²) in [7, 11) is -3.15. The first kappa shape index (κ1) is 10.3. The molecule has 0 aliphatic rings. The van der Waals surface area contributed by atoms with Gasteiger partial charge in [-0.25, -0.2) is 9.79 Å². The fraction of sp³-hybridized carbons (Fsp3) is 0. The molecule has 0 radical (unpaired) electrons. The van der Waals surface area contributed by atoms with Crippen molar-refractivity contribution >= 4 is 18.3 Å². The molecule has 15 heavy (non-hydrogen) atoms. The van der Waals surface area contributed by atoms with Crippen molar-refractivity contribution in [3.63, 3.8) is 0 Å². The Hall–Kier alpha value is -1.21. The SMILES string of the molecule is O[P+](O)(c1ccccc1)c1ccccc1. The predicted molar refractivity (Wildman–Crippen MR) is 63.5 cm³/mol. The topological polar surface area (TPSA) is 40.5 Å². The maximum atomic E-state index is 10.1. The van der Waals surface area contributed by atoms with E-state index in [0.717, 1.165) is 0 Å². The highest BCUT2D eigenvalue weighted by atomic mass is 31.2. The summed E-state index contributed by atoms with van der Waals surface area (Å²) < 4.78 is 0. The van der Waals surface area contributed by atoms with Crippen LogP contribution in [0.5, 0.6) is 0 Å². The van der Waals surface area contributed by atoms with Gasteiger partial charge in [0, 0.05) is 0 Å². The summed E-state index contributed by atoms with van der Waals surface area (Å²) in [5.74, 6) is 0. The van der Waals surface area contributed by atoms with Crippen LogP contribution >= 0.6 is 7.72 Å². The molecule has 2 N–H and O–H groups in total. The number of benzene rings is 2. The molecule has 0 aliphatic heterocycles. The third kappa shape index (κ3) is 2.07. The minimum absolute atomic E-state index is 0.580. The van der Waals surface area contributed by atoms with Crippen LogP contribution in [0.3, 0.4) is 0 Å². The van der Waals surface area contributed by atoms with Gasteiger partial charge in [0.05, 0.1) is 0 Å². The van der Waals surface area contributed by atoms with Crippen molar-refractivity contribution in [2.75, 3.05) is 0 Å². The van der Waals surface area contributed by atoms with Gasteiger partial charge in [0.2, 0.25) is 0 Å². The molecule has 0 aliphatic carbocycles. The van der Waals surface area contributed by atoms with Crippen LogP contribution in [0.15, 0.2) is 60.7 Å². The minimum atomic E-state index is -3.15. The lowest BCUT2D eigenvalue weighted by Gasteiger charge is -2.11. The van der Waals surface area contributed by atoms with Gasteiger partial charge in [-0.3, -0.25) is 0 Å². The zero-order valence-electron chi connectivity index (χ0n) is 8.12. The predicted octanol–water partition coefficient (Wildman–Crippen LogP) is 1.47. The smallest absolute Gasteiger partial charge is 0.210 e. The molecule has 2 rings (SSSR count). The molecule has 0 saturated carbocycles. The first-order valence-corrected chi connectivity index (χ1v) is 6.36. The molecule has 0 amide bonds.